The van der Waals surface area contributed by atoms with E-state index in [4.69, 9.17) is 0 Å². The van der Waals surface area contributed by atoms with E-state index in [9.17, 15) is 15.3 Å². The maximum absolute atomic E-state index is 10.1. The number of phenolic OH excluding ortho intramolecular Hbond substituents is 3. The molecule has 0 atom stereocenters. The molecular weight excluding hydrogens is 444 g/mol. The van der Waals surface area contributed by atoms with Gasteiger partial charge in [-0.25, -0.2) is 0 Å². The number of aromatic hydroxyl groups is 3. The van der Waals surface area contributed by atoms with E-state index in [0.717, 1.165) is 22.3 Å². The van der Waals surface area contributed by atoms with Gasteiger partial charge in [0.05, 0.1) is 0 Å². The molecule has 0 fully saturated rings. The van der Waals surface area contributed by atoms with Gasteiger partial charge in [-0.1, -0.05) is 77.9 Å². The average molecular weight is 481 g/mol. The molecule has 0 bridgehead atoms. The molecule has 0 aliphatic carbocycles. The minimum absolute atomic E-state index is 0.201. The normalized spacial score (nSPS) is 11.6. The van der Waals surface area contributed by atoms with Gasteiger partial charge in [0.15, 0.2) is 0 Å². The van der Waals surface area contributed by atoms with Crippen LogP contribution in [0.4, 0.5) is 0 Å². The number of hydrogen-bond acceptors (Lipinski definition) is 3. The van der Waals surface area contributed by atoms with Gasteiger partial charge in [-0.05, 0) is 104 Å². The van der Waals surface area contributed by atoms with Gasteiger partial charge in [0.25, 0.3) is 0 Å². The van der Waals surface area contributed by atoms with Gasteiger partial charge >= 0.3 is 0 Å². The first kappa shape index (κ1) is 25.4. The van der Waals surface area contributed by atoms with E-state index < -0.39 is 0 Å². The third kappa shape index (κ3) is 4.70. The predicted octanol–water partition coefficient (Wildman–Crippen LogP) is 9.17. The number of rotatable bonds is 6. The SMILES string of the molecule is CC(C)c1c(-c2ccc(O)cc2)c(-c2ccc(O)cc2)c(C(C)C)c(C(C)C)c1-c1ccc(O)cc1. The zero-order valence-electron chi connectivity index (χ0n) is 22.0. The Hall–Kier alpha value is -3.72. The molecule has 3 heteroatoms. The lowest BCUT2D eigenvalue weighted by Gasteiger charge is -2.32. The molecule has 0 unspecified atom stereocenters. The highest BCUT2D eigenvalue weighted by molar-refractivity contribution is 5.96. The fraction of sp³-hybridized carbons (Fsp3) is 0.273. The van der Waals surface area contributed by atoms with Crippen LogP contribution < -0.4 is 0 Å². The highest BCUT2D eigenvalue weighted by Gasteiger charge is 2.29. The molecule has 36 heavy (non-hydrogen) atoms. The van der Waals surface area contributed by atoms with Crippen molar-refractivity contribution < 1.29 is 15.3 Å². The minimum Gasteiger partial charge on any atom is -0.508 e. The Balaban J connectivity index is 2.30. The number of phenols is 3. The molecule has 3 nitrogen and oxygen atoms in total. The molecule has 4 rings (SSSR count). The van der Waals surface area contributed by atoms with Crippen LogP contribution in [0.1, 0.15) is 76.0 Å². The predicted molar refractivity (Wildman–Crippen MR) is 150 cm³/mol. The Morgan fingerprint density at radius 2 is 0.611 bits per heavy atom. The van der Waals surface area contributed by atoms with Crippen LogP contribution in [0.25, 0.3) is 33.4 Å². The van der Waals surface area contributed by atoms with Crippen molar-refractivity contribution in [3.63, 3.8) is 0 Å². The Kier molecular flexibility index (Phi) is 7.12. The maximum Gasteiger partial charge on any atom is 0.115 e. The van der Waals surface area contributed by atoms with Crippen molar-refractivity contribution in [3.8, 4) is 50.6 Å². The lowest BCUT2D eigenvalue weighted by molar-refractivity contribution is 0.475. The standard InChI is InChI=1S/C33H36O3/c1-19(2)28-29(20(3)4)32(23-9-15-26(35)16-10-23)33(24-11-17-27(36)18-12-24)30(21(5)6)31(28)22-7-13-25(34)14-8-22/h7-21,34-36H,1-6H3. The van der Waals surface area contributed by atoms with Crippen molar-refractivity contribution in [1.82, 2.24) is 0 Å². The van der Waals surface area contributed by atoms with Gasteiger partial charge in [0.1, 0.15) is 17.2 Å². The summed E-state index contributed by atoms with van der Waals surface area (Å²) in [5.41, 5.74) is 10.5. The second-order valence-corrected chi connectivity index (χ2v) is 10.5. The van der Waals surface area contributed by atoms with Crippen LogP contribution >= 0.6 is 0 Å². The molecule has 0 amide bonds. The number of benzene rings is 4. The summed E-state index contributed by atoms with van der Waals surface area (Å²) >= 11 is 0. The molecule has 0 aromatic heterocycles. The molecule has 0 radical (unpaired) electrons. The molecule has 4 aromatic rings. The summed E-state index contributed by atoms with van der Waals surface area (Å²) in [6, 6.07) is 22.5. The third-order valence-electron chi connectivity index (χ3n) is 6.82. The van der Waals surface area contributed by atoms with Crippen LogP contribution in [0.5, 0.6) is 17.2 Å². The summed E-state index contributed by atoms with van der Waals surface area (Å²) < 4.78 is 0. The van der Waals surface area contributed by atoms with Gasteiger partial charge in [0, 0.05) is 0 Å². The maximum atomic E-state index is 10.1. The quantitative estimate of drug-likeness (QED) is 0.258. The average Bonchev–Trinajstić information content (AvgIpc) is 2.83. The third-order valence-corrected chi connectivity index (χ3v) is 6.82. The summed E-state index contributed by atoms with van der Waals surface area (Å²) in [6.07, 6.45) is 0. The topological polar surface area (TPSA) is 60.7 Å². The van der Waals surface area contributed by atoms with Gasteiger partial charge in [0.2, 0.25) is 0 Å². The van der Waals surface area contributed by atoms with Crippen LogP contribution in [0.2, 0.25) is 0 Å². The van der Waals surface area contributed by atoms with Crippen molar-refractivity contribution >= 4 is 0 Å². The zero-order chi connectivity index (χ0) is 26.1. The fourth-order valence-corrected chi connectivity index (χ4v) is 5.38. The van der Waals surface area contributed by atoms with Crippen molar-refractivity contribution in [3.05, 3.63) is 89.5 Å². The van der Waals surface area contributed by atoms with Crippen molar-refractivity contribution in [2.45, 2.75) is 59.3 Å². The van der Waals surface area contributed by atoms with Crippen LogP contribution in [-0.4, -0.2) is 15.3 Å². The fourth-order valence-electron chi connectivity index (χ4n) is 5.38. The Morgan fingerprint density at radius 1 is 0.361 bits per heavy atom. The van der Waals surface area contributed by atoms with Gasteiger partial charge in [-0.15, -0.1) is 0 Å². The van der Waals surface area contributed by atoms with E-state index in [2.05, 4.69) is 41.5 Å². The van der Waals surface area contributed by atoms with E-state index in [1.54, 1.807) is 36.4 Å². The van der Waals surface area contributed by atoms with E-state index in [1.165, 1.54) is 27.8 Å². The lowest BCUT2D eigenvalue weighted by atomic mass is 9.72. The van der Waals surface area contributed by atoms with Crippen molar-refractivity contribution in [2.75, 3.05) is 0 Å². The van der Waals surface area contributed by atoms with Gasteiger partial charge in [-0.3, -0.25) is 0 Å². The zero-order valence-corrected chi connectivity index (χ0v) is 22.0. The highest BCUT2D eigenvalue weighted by Crippen LogP contribution is 2.52. The lowest BCUT2D eigenvalue weighted by Crippen LogP contribution is -2.11. The summed E-state index contributed by atoms with van der Waals surface area (Å²) in [7, 11) is 0. The molecule has 0 spiro atoms. The monoisotopic (exact) mass is 480 g/mol. The van der Waals surface area contributed by atoms with E-state index in [0.29, 0.717) is 0 Å². The molecule has 0 saturated carbocycles. The smallest absolute Gasteiger partial charge is 0.115 e. The summed E-state index contributed by atoms with van der Waals surface area (Å²) in [6.45, 7) is 13.4. The summed E-state index contributed by atoms with van der Waals surface area (Å²) in [4.78, 5) is 0. The summed E-state index contributed by atoms with van der Waals surface area (Å²) in [5, 5.41) is 30.2. The Bertz CT molecular complexity index is 1340. The van der Waals surface area contributed by atoms with Crippen molar-refractivity contribution in [1.29, 1.82) is 0 Å². The Labute approximate surface area is 214 Å². The van der Waals surface area contributed by atoms with Crippen LogP contribution in [0, 0.1) is 0 Å². The first-order valence-electron chi connectivity index (χ1n) is 12.7. The molecule has 0 aliphatic heterocycles. The molecular formula is C33H36O3. The molecule has 186 valence electrons. The van der Waals surface area contributed by atoms with E-state index >= 15 is 0 Å². The van der Waals surface area contributed by atoms with Crippen LogP contribution in [0.15, 0.2) is 72.8 Å². The van der Waals surface area contributed by atoms with Crippen LogP contribution in [0.3, 0.4) is 0 Å². The minimum atomic E-state index is 0.201. The van der Waals surface area contributed by atoms with E-state index in [-0.39, 0.29) is 35.0 Å². The molecule has 0 heterocycles. The first-order chi connectivity index (χ1) is 17.1. The van der Waals surface area contributed by atoms with Gasteiger partial charge < -0.3 is 15.3 Å². The van der Waals surface area contributed by atoms with Crippen LogP contribution in [-0.2, 0) is 0 Å². The summed E-state index contributed by atoms with van der Waals surface area (Å²) in [5.74, 6) is 1.42. The molecule has 0 aliphatic rings. The number of hydrogen-bond donors (Lipinski definition) is 3. The van der Waals surface area contributed by atoms with Crippen molar-refractivity contribution in [2.24, 2.45) is 0 Å². The van der Waals surface area contributed by atoms with Gasteiger partial charge in [-0.2, -0.15) is 0 Å². The Morgan fingerprint density at radius 3 is 0.917 bits per heavy atom. The van der Waals surface area contributed by atoms with E-state index in [1.807, 2.05) is 36.4 Å². The first-order valence-corrected chi connectivity index (χ1v) is 12.7. The largest absolute Gasteiger partial charge is 0.508 e. The molecule has 3 N–H and O–H groups in total. The highest BCUT2D eigenvalue weighted by atomic mass is 16.3. The second-order valence-electron chi connectivity index (χ2n) is 10.5. The second kappa shape index (κ2) is 10.1. The molecule has 4 aromatic carbocycles. The molecule has 0 saturated heterocycles.